The third-order valence-electron chi connectivity index (χ3n) is 4.56. The number of carboxylic acids is 1. The van der Waals surface area contributed by atoms with E-state index in [1.54, 1.807) is 20.8 Å². The zero-order chi connectivity index (χ0) is 20.8. The Bertz CT molecular complexity index is 839. The Morgan fingerprint density at radius 1 is 1.14 bits per heavy atom. The Kier molecular flexibility index (Phi) is 7.09. The van der Waals surface area contributed by atoms with Crippen LogP contribution in [-0.2, 0) is 16.0 Å². The van der Waals surface area contributed by atoms with E-state index >= 15 is 0 Å². The Labute approximate surface area is 164 Å². The number of carboxylic acid groups (broad SMARTS) is 1. The molecule has 0 aliphatic rings. The monoisotopic (exact) mass is 386 g/mol. The van der Waals surface area contributed by atoms with E-state index in [9.17, 15) is 19.5 Å². The Morgan fingerprint density at radius 2 is 1.79 bits per heavy atom. The molecule has 0 aliphatic carbocycles. The number of aromatic nitrogens is 1. The number of nitrogens with one attached hydrogen (secondary N) is 1. The number of hydrogen-bond donors (Lipinski definition) is 2. The maximum Gasteiger partial charge on any atom is 0.307 e. The third kappa shape index (κ3) is 5.77. The van der Waals surface area contributed by atoms with Gasteiger partial charge in [-0.05, 0) is 31.7 Å². The molecule has 0 saturated heterocycles. The van der Waals surface area contributed by atoms with Crippen molar-refractivity contribution in [2.45, 2.75) is 46.6 Å². The summed E-state index contributed by atoms with van der Waals surface area (Å²) >= 11 is 0. The van der Waals surface area contributed by atoms with Gasteiger partial charge in [-0.1, -0.05) is 48.8 Å². The lowest BCUT2D eigenvalue weighted by molar-refractivity contribution is -0.144. The van der Waals surface area contributed by atoms with E-state index in [4.69, 9.17) is 4.52 Å². The Morgan fingerprint density at radius 3 is 2.29 bits per heavy atom. The van der Waals surface area contributed by atoms with Crippen LogP contribution in [-0.4, -0.2) is 34.0 Å². The van der Waals surface area contributed by atoms with Gasteiger partial charge in [0, 0.05) is 12.5 Å². The maximum absolute atomic E-state index is 12.8. The van der Waals surface area contributed by atoms with Gasteiger partial charge in [0.05, 0.1) is 12.0 Å². The number of Topliss-reactive ketones (excluding diaryl/α,β-unsaturated/α-hetero) is 1. The average Bonchev–Trinajstić information content (AvgIpc) is 3.06. The summed E-state index contributed by atoms with van der Waals surface area (Å²) in [4.78, 5) is 36.8. The second-order valence-corrected chi connectivity index (χ2v) is 7.41. The molecule has 0 saturated carbocycles. The molecular weight excluding hydrogens is 360 g/mol. The average molecular weight is 386 g/mol. The summed E-state index contributed by atoms with van der Waals surface area (Å²) < 4.78 is 4.89. The number of hydrogen-bond acceptors (Lipinski definition) is 5. The van der Waals surface area contributed by atoms with Crippen LogP contribution in [0.4, 0.5) is 0 Å². The van der Waals surface area contributed by atoms with Crippen LogP contribution in [0.2, 0.25) is 0 Å². The molecule has 1 aromatic heterocycles. The Hall–Kier alpha value is -2.96. The lowest BCUT2D eigenvalue weighted by Gasteiger charge is -2.22. The van der Waals surface area contributed by atoms with E-state index in [-0.39, 0.29) is 30.2 Å². The highest BCUT2D eigenvalue weighted by Gasteiger charge is 2.30. The van der Waals surface area contributed by atoms with Gasteiger partial charge in [-0.25, -0.2) is 0 Å². The zero-order valence-corrected chi connectivity index (χ0v) is 16.6. The van der Waals surface area contributed by atoms with Crippen LogP contribution in [0.5, 0.6) is 0 Å². The van der Waals surface area contributed by atoms with Crippen molar-refractivity contribution in [3.63, 3.8) is 0 Å². The SMILES string of the molecule is Cc1ccc(CC(CC(=O)C(NC(=O)c2cc(C)on2)C(C)C)C(=O)O)cc1. The molecule has 1 heterocycles. The Balaban J connectivity index is 2.08. The standard InChI is InChI=1S/C21H26N2O5/c1-12(2)19(22-20(25)17-9-14(4)28-23-17)18(24)11-16(21(26)27)10-15-7-5-13(3)6-8-15/h5-9,12,16,19H,10-11H2,1-4H3,(H,22,25)(H,26,27). The van der Waals surface area contributed by atoms with Gasteiger partial charge in [-0.2, -0.15) is 0 Å². The van der Waals surface area contributed by atoms with Crippen LogP contribution in [0.15, 0.2) is 34.9 Å². The predicted molar refractivity (Wildman–Crippen MR) is 103 cm³/mol. The molecule has 2 N–H and O–H groups in total. The predicted octanol–water partition coefficient (Wildman–Crippen LogP) is 2.95. The van der Waals surface area contributed by atoms with Gasteiger partial charge in [0.25, 0.3) is 5.91 Å². The molecule has 2 aromatic rings. The van der Waals surface area contributed by atoms with Crippen LogP contribution in [0.3, 0.4) is 0 Å². The fourth-order valence-corrected chi connectivity index (χ4v) is 2.93. The molecule has 0 spiro atoms. The first kappa shape index (κ1) is 21.3. The van der Waals surface area contributed by atoms with Gasteiger partial charge in [0.1, 0.15) is 5.76 Å². The molecule has 0 radical (unpaired) electrons. The van der Waals surface area contributed by atoms with E-state index in [1.807, 2.05) is 31.2 Å². The van der Waals surface area contributed by atoms with Crippen LogP contribution in [0.1, 0.15) is 47.6 Å². The molecule has 0 aliphatic heterocycles. The molecule has 7 nitrogen and oxygen atoms in total. The van der Waals surface area contributed by atoms with Gasteiger partial charge in [-0.3, -0.25) is 14.4 Å². The second kappa shape index (κ2) is 9.30. The van der Waals surface area contributed by atoms with Crippen molar-refractivity contribution in [2.24, 2.45) is 11.8 Å². The van der Waals surface area contributed by atoms with Crippen molar-refractivity contribution in [3.8, 4) is 0 Å². The molecule has 2 atom stereocenters. The number of carbonyl (C=O) groups is 3. The van der Waals surface area contributed by atoms with Gasteiger partial charge in [-0.15, -0.1) is 0 Å². The number of amides is 1. The van der Waals surface area contributed by atoms with E-state index in [2.05, 4.69) is 10.5 Å². The quantitative estimate of drug-likeness (QED) is 0.686. The minimum absolute atomic E-state index is 0.0883. The van der Waals surface area contributed by atoms with Gasteiger partial charge in [0.15, 0.2) is 11.5 Å². The highest BCUT2D eigenvalue weighted by Crippen LogP contribution is 2.17. The number of benzene rings is 1. The van der Waals surface area contributed by atoms with Gasteiger partial charge < -0.3 is 14.9 Å². The number of rotatable bonds is 9. The molecule has 1 aromatic carbocycles. The van der Waals surface area contributed by atoms with Crippen LogP contribution in [0.25, 0.3) is 0 Å². The highest BCUT2D eigenvalue weighted by molar-refractivity contribution is 5.97. The molecule has 7 heteroatoms. The lowest BCUT2D eigenvalue weighted by Crippen LogP contribution is -2.45. The summed E-state index contributed by atoms with van der Waals surface area (Å²) in [6, 6.07) is 8.23. The van der Waals surface area contributed by atoms with Crippen LogP contribution in [0, 0.1) is 25.7 Å². The largest absolute Gasteiger partial charge is 0.481 e. The van der Waals surface area contributed by atoms with E-state index in [0.29, 0.717) is 5.76 Å². The molecule has 150 valence electrons. The first-order valence-corrected chi connectivity index (χ1v) is 9.22. The van der Waals surface area contributed by atoms with E-state index in [0.717, 1.165) is 11.1 Å². The first-order chi connectivity index (χ1) is 13.2. The van der Waals surface area contributed by atoms with E-state index in [1.165, 1.54) is 6.07 Å². The van der Waals surface area contributed by atoms with Crippen LogP contribution < -0.4 is 5.32 Å². The number of aliphatic carboxylic acids is 1. The van der Waals surface area contributed by atoms with Crippen molar-refractivity contribution in [1.82, 2.24) is 10.5 Å². The summed E-state index contributed by atoms with van der Waals surface area (Å²) in [5.41, 5.74) is 2.02. The third-order valence-corrected chi connectivity index (χ3v) is 4.56. The van der Waals surface area contributed by atoms with Crippen LogP contribution >= 0.6 is 0 Å². The molecule has 2 unspecified atom stereocenters. The van der Waals surface area contributed by atoms with Crippen molar-refractivity contribution < 1.29 is 24.0 Å². The highest BCUT2D eigenvalue weighted by atomic mass is 16.5. The second-order valence-electron chi connectivity index (χ2n) is 7.41. The number of ketones is 1. The fraction of sp³-hybridized carbons (Fsp3) is 0.429. The van der Waals surface area contributed by atoms with E-state index < -0.39 is 23.8 Å². The lowest BCUT2D eigenvalue weighted by atomic mass is 9.89. The first-order valence-electron chi connectivity index (χ1n) is 9.22. The van der Waals surface area contributed by atoms with Gasteiger partial charge >= 0.3 is 5.97 Å². The van der Waals surface area contributed by atoms with Gasteiger partial charge in [0.2, 0.25) is 0 Å². The van der Waals surface area contributed by atoms with Crippen molar-refractivity contribution >= 4 is 17.7 Å². The summed E-state index contributed by atoms with van der Waals surface area (Å²) in [5, 5.41) is 15.9. The minimum atomic E-state index is -1.03. The molecule has 28 heavy (non-hydrogen) atoms. The number of carbonyl (C=O) groups excluding carboxylic acids is 2. The summed E-state index contributed by atoms with van der Waals surface area (Å²) in [7, 11) is 0. The zero-order valence-electron chi connectivity index (χ0n) is 16.6. The molecule has 0 fully saturated rings. The maximum atomic E-state index is 12.8. The molecule has 0 bridgehead atoms. The fourth-order valence-electron chi connectivity index (χ4n) is 2.93. The summed E-state index contributed by atoms with van der Waals surface area (Å²) in [6.07, 6.45) is 0.0901. The normalized spacial score (nSPS) is 13.2. The topological polar surface area (TPSA) is 110 Å². The summed E-state index contributed by atoms with van der Waals surface area (Å²) in [6.45, 7) is 7.21. The molecule has 1 amide bonds. The molecular formula is C21H26N2O5. The molecule has 2 rings (SSSR count). The minimum Gasteiger partial charge on any atom is -0.481 e. The number of nitrogens with zero attached hydrogens (tertiary/aromatic N) is 1. The summed E-state index contributed by atoms with van der Waals surface area (Å²) in [5.74, 6) is -2.44. The smallest absolute Gasteiger partial charge is 0.307 e. The van der Waals surface area contributed by atoms with Crippen molar-refractivity contribution in [3.05, 3.63) is 52.9 Å². The number of aryl methyl sites for hydroxylation is 2. The van der Waals surface area contributed by atoms with Crippen molar-refractivity contribution in [2.75, 3.05) is 0 Å². The van der Waals surface area contributed by atoms with Crippen molar-refractivity contribution in [1.29, 1.82) is 0 Å².